The molecule has 0 saturated carbocycles. The molecule has 0 aliphatic heterocycles. The van der Waals surface area contributed by atoms with Crippen LogP contribution in [0.2, 0.25) is 0 Å². The lowest BCUT2D eigenvalue weighted by Gasteiger charge is -2.08. The number of rotatable bonds is 4. The van der Waals surface area contributed by atoms with Crippen LogP contribution < -0.4 is 4.74 Å². The molecular formula is C22H14N2O4. The third-order valence-electron chi connectivity index (χ3n) is 4.33. The van der Waals surface area contributed by atoms with Crippen LogP contribution >= 0.6 is 0 Å². The van der Waals surface area contributed by atoms with Crippen molar-refractivity contribution in [3.63, 3.8) is 0 Å². The van der Waals surface area contributed by atoms with E-state index >= 15 is 0 Å². The van der Waals surface area contributed by atoms with Crippen molar-refractivity contribution in [3.8, 4) is 16.9 Å². The van der Waals surface area contributed by atoms with Crippen LogP contribution in [0.4, 0.5) is 5.69 Å². The van der Waals surface area contributed by atoms with Gasteiger partial charge >= 0.3 is 11.7 Å². The van der Waals surface area contributed by atoms with Gasteiger partial charge in [-0.3, -0.25) is 15.1 Å². The number of carbonyl (C=O) groups excluding carboxylic acids is 1. The predicted octanol–water partition coefficient (Wildman–Crippen LogP) is 5.03. The minimum Gasteiger partial charge on any atom is -0.413 e. The molecule has 136 valence electrons. The van der Waals surface area contributed by atoms with Crippen LogP contribution in [0.5, 0.6) is 5.75 Å². The van der Waals surface area contributed by atoms with E-state index in [9.17, 15) is 14.9 Å². The number of benzene rings is 3. The molecule has 0 N–H and O–H groups in total. The van der Waals surface area contributed by atoms with Crippen LogP contribution in [-0.2, 0) is 0 Å². The Labute approximate surface area is 160 Å². The van der Waals surface area contributed by atoms with E-state index in [0.717, 1.165) is 11.1 Å². The zero-order valence-corrected chi connectivity index (χ0v) is 14.6. The van der Waals surface area contributed by atoms with Gasteiger partial charge in [0.1, 0.15) is 5.52 Å². The third-order valence-corrected chi connectivity index (χ3v) is 4.33. The summed E-state index contributed by atoms with van der Waals surface area (Å²) in [6.07, 6.45) is 1.50. The molecule has 4 rings (SSSR count). The molecule has 0 amide bonds. The molecule has 28 heavy (non-hydrogen) atoms. The Bertz CT molecular complexity index is 1170. The fourth-order valence-corrected chi connectivity index (χ4v) is 2.93. The van der Waals surface area contributed by atoms with Crippen molar-refractivity contribution < 1.29 is 14.5 Å². The topological polar surface area (TPSA) is 82.3 Å². The zero-order valence-electron chi connectivity index (χ0n) is 14.6. The van der Waals surface area contributed by atoms with Gasteiger partial charge in [0, 0.05) is 17.6 Å². The molecule has 0 spiro atoms. The highest BCUT2D eigenvalue weighted by atomic mass is 16.6. The molecule has 0 fully saturated rings. The second-order valence-corrected chi connectivity index (χ2v) is 6.08. The number of aromatic nitrogens is 1. The van der Waals surface area contributed by atoms with Crippen LogP contribution in [0.15, 0.2) is 85.1 Å². The Hall–Kier alpha value is -4.06. The summed E-state index contributed by atoms with van der Waals surface area (Å²) >= 11 is 0. The Balaban J connectivity index is 1.67. The molecule has 0 aliphatic carbocycles. The van der Waals surface area contributed by atoms with Crippen molar-refractivity contribution >= 4 is 22.6 Å². The average Bonchev–Trinajstić information content (AvgIpc) is 2.74. The maximum absolute atomic E-state index is 12.6. The van der Waals surface area contributed by atoms with E-state index in [-0.39, 0.29) is 17.0 Å². The molecule has 1 heterocycles. The normalized spacial score (nSPS) is 10.6. The van der Waals surface area contributed by atoms with Crippen molar-refractivity contribution in [1.29, 1.82) is 0 Å². The number of nitrogens with zero attached hydrogens (tertiary/aromatic N) is 2. The first-order valence-corrected chi connectivity index (χ1v) is 8.53. The van der Waals surface area contributed by atoms with Crippen LogP contribution in [-0.4, -0.2) is 15.9 Å². The van der Waals surface area contributed by atoms with Crippen LogP contribution in [0.1, 0.15) is 10.4 Å². The minimum absolute atomic E-state index is 0.153. The molecule has 0 aliphatic rings. The number of hydrogen-bond donors (Lipinski definition) is 0. The Kier molecular flexibility index (Phi) is 4.51. The lowest BCUT2D eigenvalue weighted by Crippen LogP contribution is -2.10. The number of hydrogen-bond acceptors (Lipinski definition) is 5. The van der Waals surface area contributed by atoms with Gasteiger partial charge in [-0.15, -0.1) is 0 Å². The number of esters is 1. The second kappa shape index (κ2) is 7.28. The van der Waals surface area contributed by atoms with E-state index in [1.54, 1.807) is 30.3 Å². The number of nitro benzene ring substituents is 1. The van der Waals surface area contributed by atoms with E-state index < -0.39 is 10.9 Å². The van der Waals surface area contributed by atoms with Crippen molar-refractivity contribution in [2.24, 2.45) is 0 Å². The molecule has 1 aromatic heterocycles. The lowest BCUT2D eigenvalue weighted by atomic mass is 10.0. The summed E-state index contributed by atoms with van der Waals surface area (Å²) in [7, 11) is 0. The Morgan fingerprint density at radius 1 is 0.857 bits per heavy atom. The quantitative estimate of drug-likeness (QED) is 0.218. The fourth-order valence-electron chi connectivity index (χ4n) is 2.93. The number of carbonyl (C=O) groups is 1. The van der Waals surface area contributed by atoms with Crippen molar-refractivity contribution in [1.82, 2.24) is 4.98 Å². The molecular weight excluding hydrogens is 356 g/mol. The maximum Gasteiger partial charge on any atom is 0.343 e. The number of ether oxygens (including phenoxy) is 1. The van der Waals surface area contributed by atoms with Gasteiger partial charge in [0.2, 0.25) is 5.75 Å². The highest BCUT2D eigenvalue weighted by Gasteiger charge is 2.23. The summed E-state index contributed by atoms with van der Waals surface area (Å²) in [5.74, 6) is -0.832. The molecule has 0 unspecified atom stereocenters. The molecule has 6 heteroatoms. The van der Waals surface area contributed by atoms with E-state index in [0.29, 0.717) is 10.9 Å². The van der Waals surface area contributed by atoms with Crippen LogP contribution in [0.25, 0.3) is 22.0 Å². The van der Waals surface area contributed by atoms with Gasteiger partial charge in [0.25, 0.3) is 0 Å². The van der Waals surface area contributed by atoms with Crippen LogP contribution in [0, 0.1) is 10.1 Å². The average molecular weight is 370 g/mol. The zero-order chi connectivity index (χ0) is 19.5. The minimum atomic E-state index is -0.680. The molecule has 0 bridgehead atoms. The van der Waals surface area contributed by atoms with E-state index in [1.807, 2.05) is 42.5 Å². The van der Waals surface area contributed by atoms with Crippen molar-refractivity contribution in [3.05, 3.63) is 101 Å². The predicted molar refractivity (Wildman–Crippen MR) is 105 cm³/mol. The van der Waals surface area contributed by atoms with Gasteiger partial charge in [0.05, 0.1) is 10.5 Å². The first kappa shape index (κ1) is 17.4. The van der Waals surface area contributed by atoms with E-state index in [1.165, 1.54) is 12.3 Å². The molecule has 3 aromatic carbocycles. The van der Waals surface area contributed by atoms with Gasteiger partial charge in [-0.1, -0.05) is 48.5 Å². The molecule has 0 radical (unpaired) electrons. The van der Waals surface area contributed by atoms with Crippen LogP contribution in [0.3, 0.4) is 0 Å². The highest BCUT2D eigenvalue weighted by molar-refractivity contribution is 5.96. The van der Waals surface area contributed by atoms with Gasteiger partial charge in [-0.05, 0) is 35.4 Å². The number of pyridine rings is 1. The monoisotopic (exact) mass is 370 g/mol. The maximum atomic E-state index is 12.6. The lowest BCUT2D eigenvalue weighted by molar-refractivity contribution is -0.385. The summed E-state index contributed by atoms with van der Waals surface area (Å²) in [5, 5.41) is 12.0. The largest absolute Gasteiger partial charge is 0.413 e. The summed E-state index contributed by atoms with van der Waals surface area (Å²) in [5.41, 5.74) is 2.24. The van der Waals surface area contributed by atoms with E-state index in [4.69, 9.17) is 4.74 Å². The summed E-state index contributed by atoms with van der Waals surface area (Å²) in [6, 6.07) is 23.0. The van der Waals surface area contributed by atoms with Gasteiger partial charge in [-0.2, -0.15) is 0 Å². The number of fused-ring (bicyclic) bond motifs is 1. The molecule has 4 aromatic rings. The van der Waals surface area contributed by atoms with Gasteiger partial charge in [-0.25, -0.2) is 4.79 Å². The standard InChI is InChI=1S/C22H14N2O4/c25-22(18-10-8-16(9-11-18)15-5-2-1-3-6-15)28-21-19(24(26)27)13-12-17-7-4-14-23-20(17)21/h1-14H. The number of nitro groups is 1. The highest BCUT2D eigenvalue weighted by Crippen LogP contribution is 2.34. The first-order chi connectivity index (χ1) is 13.6. The van der Waals surface area contributed by atoms with Crippen molar-refractivity contribution in [2.45, 2.75) is 0 Å². The van der Waals surface area contributed by atoms with E-state index in [2.05, 4.69) is 4.98 Å². The Morgan fingerprint density at radius 2 is 1.57 bits per heavy atom. The SMILES string of the molecule is O=C(Oc1c([N+](=O)[O-])ccc2cccnc12)c1ccc(-c2ccccc2)cc1. The first-order valence-electron chi connectivity index (χ1n) is 8.53. The third kappa shape index (κ3) is 3.31. The molecule has 0 saturated heterocycles. The van der Waals surface area contributed by atoms with Gasteiger partial charge in [0.15, 0.2) is 0 Å². The Morgan fingerprint density at radius 3 is 2.29 bits per heavy atom. The van der Waals surface area contributed by atoms with Crippen molar-refractivity contribution in [2.75, 3.05) is 0 Å². The summed E-state index contributed by atoms with van der Waals surface area (Å²) in [6.45, 7) is 0. The summed E-state index contributed by atoms with van der Waals surface area (Å²) < 4.78 is 5.41. The smallest absolute Gasteiger partial charge is 0.343 e. The molecule has 6 nitrogen and oxygen atoms in total. The fraction of sp³-hybridized carbons (Fsp3) is 0. The van der Waals surface area contributed by atoms with Gasteiger partial charge < -0.3 is 4.74 Å². The molecule has 0 atom stereocenters. The second-order valence-electron chi connectivity index (χ2n) is 6.08. The summed E-state index contributed by atoms with van der Waals surface area (Å²) in [4.78, 5) is 27.5.